The van der Waals surface area contributed by atoms with E-state index in [0.717, 1.165) is 9.87 Å². The number of carbonyl (C=O) groups excluding carboxylic acids is 2. The van der Waals surface area contributed by atoms with Crippen molar-refractivity contribution in [1.29, 1.82) is 0 Å². The number of nitrogens with zero attached hydrogens (tertiary/aromatic N) is 2. The van der Waals surface area contributed by atoms with Crippen LogP contribution in [0.15, 0.2) is 82.2 Å². The molecule has 0 heterocycles. The smallest absolute Gasteiger partial charge is 0.264 e. The van der Waals surface area contributed by atoms with E-state index in [4.69, 9.17) is 0 Å². The van der Waals surface area contributed by atoms with Gasteiger partial charge in [0.25, 0.3) is 10.0 Å². The molecular formula is C29H33BrFN3O4S. The van der Waals surface area contributed by atoms with E-state index in [9.17, 15) is 22.4 Å². The van der Waals surface area contributed by atoms with Gasteiger partial charge in [-0.1, -0.05) is 71.7 Å². The molecule has 0 unspecified atom stereocenters. The molecule has 3 aromatic rings. The van der Waals surface area contributed by atoms with Crippen LogP contribution in [0.3, 0.4) is 0 Å². The van der Waals surface area contributed by atoms with Gasteiger partial charge in [-0.25, -0.2) is 12.8 Å². The first kappa shape index (κ1) is 30.3. The van der Waals surface area contributed by atoms with E-state index in [1.54, 1.807) is 49.4 Å². The Morgan fingerprint density at radius 1 is 0.974 bits per heavy atom. The third-order valence-electron chi connectivity index (χ3n) is 6.13. The lowest BCUT2D eigenvalue weighted by molar-refractivity contribution is -0.139. The number of anilines is 1. The first-order valence-corrected chi connectivity index (χ1v) is 14.8. The van der Waals surface area contributed by atoms with E-state index in [1.807, 2.05) is 20.8 Å². The van der Waals surface area contributed by atoms with Crippen LogP contribution in [0.2, 0.25) is 0 Å². The molecule has 3 aromatic carbocycles. The van der Waals surface area contributed by atoms with Crippen LogP contribution in [-0.2, 0) is 26.2 Å². The predicted molar refractivity (Wildman–Crippen MR) is 154 cm³/mol. The third kappa shape index (κ3) is 7.89. The number of sulfonamides is 1. The first-order chi connectivity index (χ1) is 18.4. The normalized spacial score (nSPS) is 12.2. The molecule has 39 heavy (non-hydrogen) atoms. The maximum absolute atomic E-state index is 14.6. The summed E-state index contributed by atoms with van der Waals surface area (Å²) in [6, 6.07) is 17.9. The molecule has 10 heteroatoms. The molecule has 0 aliphatic heterocycles. The van der Waals surface area contributed by atoms with Crippen LogP contribution in [0.5, 0.6) is 0 Å². The summed E-state index contributed by atoms with van der Waals surface area (Å²) >= 11 is 3.37. The van der Waals surface area contributed by atoms with Crippen LogP contribution in [0.4, 0.5) is 10.1 Å². The number of rotatable bonds is 11. The predicted octanol–water partition coefficient (Wildman–Crippen LogP) is 5.28. The Morgan fingerprint density at radius 3 is 2.26 bits per heavy atom. The molecule has 0 aromatic heterocycles. The van der Waals surface area contributed by atoms with Crippen molar-refractivity contribution in [3.63, 3.8) is 0 Å². The number of nitrogens with one attached hydrogen (secondary N) is 1. The number of carbonyl (C=O) groups is 2. The molecule has 0 saturated heterocycles. The van der Waals surface area contributed by atoms with Crippen molar-refractivity contribution in [1.82, 2.24) is 10.2 Å². The second-order valence-electron chi connectivity index (χ2n) is 9.73. The molecule has 0 saturated carbocycles. The van der Waals surface area contributed by atoms with Gasteiger partial charge in [-0.05, 0) is 56.2 Å². The van der Waals surface area contributed by atoms with Gasteiger partial charge >= 0.3 is 0 Å². The minimum Gasteiger partial charge on any atom is -0.354 e. The highest BCUT2D eigenvalue weighted by molar-refractivity contribution is 9.10. The largest absolute Gasteiger partial charge is 0.354 e. The Kier molecular flexibility index (Phi) is 10.3. The van der Waals surface area contributed by atoms with Crippen molar-refractivity contribution in [2.24, 2.45) is 5.92 Å². The summed E-state index contributed by atoms with van der Waals surface area (Å²) in [5.74, 6) is -1.41. The van der Waals surface area contributed by atoms with Gasteiger partial charge < -0.3 is 10.2 Å². The van der Waals surface area contributed by atoms with Crippen LogP contribution in [0, 0.1) is 18.7 Å². The van der Waals surface area contributed by atoms with E-state index in [2.05, 4.69) is 21.2 Å². The summed E-state index contributed by atoms with van der Waals surface area (Å²) in [6.07, 6.45) is 0. The second kappa shape index (κ2) is 13.2. The molecule has 7 nitrogen and oxygen atoms in total. The summed E-state index contributed by atoms with van der Waals surface area (Å²) in [5, 5.41) is 2.81. The molecule has 1 N–H and O–H groups in total. The Labute approximate surface area is 238 Å². The number of hydrogen-bond donors (Lipinski definition) is 1. The Morgan fingerprint density at radius 2 is 1.64 bits per heavy atom. The fourth-order valence-corrected chi connectivity index (χ4v) is 5.64. The van der Waals surface area contributed by atoms with Gasteiger partial charge in [0.05, 0.1) is 10.6 Å². The van der Waals surface area contributed by atoms with E-state index < -0.39 is 40.2 Å². The SMILES string of the molecule is Cc1ccc(S(=O)(=O)N(CC(=O)N(Cc2ccccc2F)[C@H](C)C(=O)NCC(C)C)c2cccc(Br)c2)cc1. The van der Waals surface area contributed by atoms with Gasteiger partial charge in [-0.3, -0.25) is 13.9 Å². The van der Waals surface area contributed by atoms with E-state index >= 15 is 0 Å². The Bertz CT molecular complexity index is 1410. The fraction of sp³-hybridized carbons (Fsp3) is 0.310. The molecule has 0 radical (unpaired) electrons. The molecule has 0 aliphatic carbocycles. The highest BCUT2D eigenvalue weighted by Gasteiger charge is 2.33. The molecule has 2 amide bonds. The number of hydrogen-bond acceptors (Lipinski definition) is 4. The van der Waals surface area contributed by atoms with E-state index in [1.165, 1.54) is 35.2 Å². The number of halogens is 2. The van der Waals surface area contributed by atoms with Crippen molar-refractivity contribution in [2.45, 2.75) is 45.2 Å². The van der Waals surface area contributed by atoms with Crippen molar-refractivity contribution in [3.05, 3.63) is 94.2 Å². The number of benzene rings is 3. The molecule has 208 valence electrons. The maximum atomic E-state index is 14.6. The van der Waals surface area contributed by atoms with Crippen LogP contribution < -0.4 is 9.62 Å². The van der Waals surface area contributed by atoms with Gasteiger partial charge in [-0.2, -0.15) is 0 Å². The minimum atomic E-state index is -4.17. The standard InChI is InChI=1S/C29H33BrFN3O4S/c1-20(2)17-32-29(36)22(4)33(18-23-8-5-6-11-27(23)31)28(35)19-34(25-10-7-9-24(30)16-25)39(37,38)26-14-12-21(3)13-15-26/h5-16,20,22H,17-19H2,1-4H3,(H,32,36)/t22-/m1/s1. The topological polar surface area (TPSA) is 86.8 Å². The zero-order valence-electron chi connectivity index (χ0n) is 22.4. The summed E-state index contributed by atoms with van der Waals surface area (Å²) < 4.78 is 43.9. The van der Waals surface area contributed by atoms with Gasteiger partial charge in [0.2, 0.25) is 11.8 Å². The Balaban J connectivity index is 2.02. The van der Waals surface area contributed by atoms with Gasteiger partial charge in [0, 0.05) is 23.1 Å². The van der Waals surface area contributed by atoms with Crippen molar-refractivity contribution >= 4 is 43.5 Å². The lowest BCUT2D eigenvalue weighted by Crippen LogP contribution is -2.51. The fourth-order valence-electron chi connectivity index (χ4n) is 3.84. The number of aryl methyl sites for hydroxylation is 1. The monoisotopic (exact) mass is 617 g/mol. The van der Waals surface area contributed by atoms with Crippen LogP contribution >= 0.6 is 15.9 Å². The number of amides is 2. The van der Waals surface area contributed by atoms with Gasteiger partial charge in [-0.15, -0.1) is 0 Å². The van der Waals surface area contributed by atoms with Gasteiger partial charge in [0.15, 0.2) is 0 Å². The van der Waals surface area contributed by atoms with E-state index in [-0.39, 0.29) is 28.6 Å². The summed E-state index contributed by atoms with van der Waals surface area (Å²) in [5.41, 5.74) is 1.36. The van der Waals surface area contributed by atoms with Crippen LogP contribution in [0.1, 0.15) is 31.9 Å². The summed E-state index contributed by atoms with van der Waals surface area (Å²) in [7, 11) is -4.17. The Hall–Kier alpha value is -3.24. The quantitative estimate of drug-likeness (QED) is 0.317. The van der Waals surface area contributed by atoms with Crippen molar-refractivity contribution in [3.8, 4) is 0 Å². The minimum absolute atomic E-state index is 0.0178. The van der Waals surface area contributed by atoms with Crippen LogP contribution in [-0.4, -0.2) is 44.3 Å². The van der Waals surface area contributed by atoms with E-state index in [0.29, 0.717) is 11.0 Å². The highest BCUT2D eigenvalue weighted by Crippen LogP contribution is 2.27. The van der Waals surface area contributed by atoms with Crippen LogP contribution in [0.25, 0.3) is 0 Å². The van der Waals surface area contributed by atoms with Gasteiger partial charge in [0.1, 0.15) is 18.4 Å². The first-order valence-electron chi connectivity index (χ1n) is 12.6. The summed E-state index contributed by atoms with van der Waals surface area (Å²) in [6.45, 7) is 6.88. The summed E-state index contributed by atoms with van der Waals surface area (Å²) in [4.78, 5) is 28.1. The zero-order valence-corrected chi connectivity index (χ0v) is 24.8. The molecule has 1 atom stereocenters. The highest BCUT2D eigenvalue weighted by atomic mass is 79.9. The second-order valence-corrected chi connectivity index (χ2v) is 12.5. The lowest BCUT2D eigenvalue weighted by atomic mass is 10.1. The zero-order chi connectivity index (χ0) is 28.7. The van der Waals surface area contributed by atoms with Crippen molar-refractivity contribution < 1.29 is 22.4 Å². The third-order valence-corrected chi connectivity index (χ3v) is 8.42. The van der Waals surface area contributed by atoms with Crippen molar-refractivity contribution in [2.75, 3.05) is 17.4 Å². The average molecular weight is 619 g/mol. The molecule has 0 bridgehead atoms. The average Bonchev–Trinajstić information content (AvgIpc) is 2.89. The molecule has 0 fully saturated rings. The molecule has 0 spiro atoms. The molecule has 0 aliphatic rings. The molecular weight excluding hydrogens is 585 g/mol. The lowest BCUT2D eigenvalue weighted by Gasteiger charge is -2.32. The molecule has 3 rings (SSSR count). The maximum Gasteiger partial charge on any atom is 0.264 e.